The van der Waals surface area contributed by atoms with Crippen LogP contribution < -0.4 is 0 Å². The average Bonchev–Trinajstić information content (AvgIpc) is 3.19. The molecule has 1 aliphatic rings. The lowest BCUT2D eigenvalue weighted by molar-refractivity contribution is -0.165. The number of rotatable bonds is 7. The molecule has 0 bridgehead atoms. The van der Waals surface area contributed by atoms with Crippen LogP contribution in [-0.2, 0) is 38.1 Å². The molecule has 2 heterocycles. The van der Waals surface area contributed by atoms with Gasteiger partial charge in [0.1, 0.15) is 18.8 Å². The van der Waals surface area contributed by atoms with Gasteiger partial charge in [-0.05, 0) is 13.0 Å². The van der Waals surface area contributed by atoms with Gasteiger partial charge in [0.05, 0.1) is 12.2 Å². The van der Waals surface area contributed by atoms with Crippen LogP contribution in [0.2, 0.25) is 0 Å². The van der Waals surface area contributed by atoms with Crippen molar-refractivity contribution in [3.63, 3.8) is 0 Å². The normalized spacial score (nSPS) is 23.7. The average molecular weight is 414 g/mol. The Kier molecular flexibility index (Phi) is 7.53. The Morgan fingerprint density at radius 3 is 2.21 bits per heavy atom. The predicted molar refractivity (Wildman–Crippen MR) is 95.6 cm³/mol. The first-order chi connectivity index (χ1) is 13.2. The molecule has 1 fully saturated rings. The zero-order valence-electron chi connectivity index (χ0n) is 16.0. The summed E-state index contributed by atoms with van der Waals surface area (Å²) in [6.07, 6.45) is -3.58. The molecule has 0 saturated carbocycles. The monoisotopic (exact) mass is 414 g/mol. The van der Waals surface area contributed by atoms with Gasteiger partial charge in [-0.1, -0.05) is 0 Å². The Balaban J connectivity index is 2.31. The highest BCUT2D eigenvalue weighted by atomic mass is 32.1. The third-order valence-corrected chi connectivity index (χ3v) is 4.77. The van der Waals surface area contributed by atoms with Crippen molar-refractivity contribution in [1.29, 1.82) is 0 Å². The van der Waals surface area contributed by atoms with Crippen molar-refractivity contribution in [2.45, 2.75) is 52.1 Å². The van der Waals surface area contributed by atoms with E-state index in [1.54, 1.807) is 18.4 Å². The highest BCUT2D eigenvalue weighted by Gasteiger charge is 2.50. The molecule has 1 aliphatic heterocycles. The Morgan fingerprint density at radius 2 is 1.64 bits per heavy atom. The summed E-state index contributed by atoms with van der Waals surface area (Å²) in [5.74, 6) is -2.21. The summed E-state index contributed by atoms with van der Waals surface area (Å²) >= 11 is 1.21. The van der Waals surface area contributed by atoms with Crippen molar-refractivity contribution in [3.05, 3.63) is 21.9 Å². The number of carbonyl (C=O) groups excluding carboxylic acids is 4. The summed E-state index contributed by atoms with van der Waals surface area (Å²) in [5, 5.41) is 1.60. The maximum absolute atomic E-state index is 11.9. The second-order valence-electron chi connectivity index (χ2n) is 6.00. The van der Waals surface area contributed by atoms with Crippen molar-refractivity contribution in [3.8, 4) is 0 Å². The fourth-order valence-electron chi connectivity index (χ4n) is 2.77. The van der Waals surface area contributed by atoms with Gasteiger partial charge in [-0.25, -0.2) is 4.79 Å². The summed E-state index contributed by atoms with van der Waals surface area (Å²) < 4.78 is 26.5. The van der Waals surface area contributed by atoms with Gasteiger partial charge in [0, 0.05) is 31.0 Å². The zero-order valence-corrected chi connectivity index (χ0v) is 16.8. The smallest absolute Gasteiger partial charge is 0.338 e. The Morgan fingerprint density at radius 1 is 1.00 bits per heavy atom. The van der Waals surface area contributed by atoms with Gasteiger partial charge in [0.25, 0.3) is 0 Å². The molecule has 9 nitrogen and oxygen atoms in total. The van der Waals surface area contributed by atoms with Gasteiger partial charge in [0.2, 0.25) is 0 Å². The van der Waals surface area contributed by atoms with Gasteiger partial charge in [-0.2, -0.15) is 0 Å². The first kappa shape index (κ1) is 21.8. The number of carbonyl (C=O) groups is 4. The summed E-state index contributed by atoms with van der Waals surface area (Å²) in [5.41, 5.74) is 0.333. The lowest BCUT2D eigenvalue weighted by Crippen LogP contribution is -2.40. The van der Waals surface area contributed by atoms with Gasteiger partial charge in [-0.15, -0.1) is 11.3 Å². The van der Waals surface area contributed by atoms with E-state index in [-0.39, 0.29) is 13.2 Å². The fourth-order valence-corrected chi connectivity index (χ4v) is 3.71. The maximum atomic E-state index is 11.9. The lowest BCUT2D eigenvalue weighted by atomic mass is 10.1. The van der Waals surface area contributed by atoms with Crippen LogP contribution in [0.5, 0.6) is 0 Å². The topological polar surface area (TPSA) is 114 Å². The second kappa shape index (κ2) is 9.65. The largest absolute Gasteiger partial charge is 0.463 e. The molecule has 0 spiro atoms. The number of hydrogen-bond acceptors (Lipinski definition) is 10. The van der Waals surface area contributed by atoms with Crippen molar-refractivity contribution in [2.75, 3.05) is 13.2 Å². The van der Waals surface area contributed by atoms with Gasteiger partial charge < -0.3 is 23.7 Å². The second-order valence-corrected chi connectivity index (χ2v) is 6.95. The first-order valence-electron chi connectivity index (χ1n) is 8.61. The van der Waals surface area contributed by atoms with E-state index in [9.17, 15) is 19.2 Å². The molecule has 0 radical (unpaired) electrons. The predicted octanol–water partition coefficient (Wildman–Crippen LogP) is 1.79. The summed E-state index contributed by atoms with van der Waals surface area (Å²) in [7, 11) is 0. The number of esters is 4. The Labute approximate surface area is 165 Å². The molecular weight excluding hydrogens is 392 g/mol. The van der Waals surface area contributed by atoms with Crippen molar-refractivity contribution >= 4 is 35.2 Å². The molecule has 0 aromatic carbocycles. The summed E-state index contributed by atoms with van der Waals surface area (Å²) in [6.45, 7) is 5.43. The van der Waals surface area contributed by atoms with Crippen LogP contribution >= 0.6 is 11.3 Å². The van der Waals surface area contributed by atoms with Crippen LogP contribution in [0, 0.1) is 0 Å². The van der Waals surface area contributed by atoms with Crippen LogP contribution in [0.25, 0.3) is 0 Å². The van der Waals surface area contributed by atoms with E-state index in [1.165, 1.54) is 32.1 Å². The highest BCUT2D eigenvalue weighted by Crippen LogP contribution is 2.40. The van der Waals surface area contributed by atoms with E-state index < -0.39 is 48.3 Å². The SMILES string of the molecule is CCOC(=O)c1csc([C@@H]2O[C@H](COC(C)=O)[C@@H](OC(C)=O)[C@H]2OC(C)=O)c1. The van der Waals surface area contributed by atoms with Crippen LogP contribution in [0.4, 0.5) is 0 Å². The van der Waals surface area contributed by atoms with E-state index in [2.05, 4.69) is 0 Å². The third-order valence-electron chi connectivity index (χ3n) is 3.78. The zero-order chi connectivity index (χ0) is 20.8. The van der Waals surface area contributed by atoms with Crippen molar-refractivity contribution < 1.29 is 42.9 Å². The summed E-state index contributed by atoms with van der Waals surface area (Å²) in [6, 6.07) is 1.57. The van der Waals surface area contributed by atoms with Crippen LogP contribution in [0.15, 0.2) is 11.4 Å². The minimum absolute atomic E-state index is 0.183. The molecule has 0 unspecified atom stereocenters. The number of ether oxygens (including phenoxy) is 5. The fraction of sp³-hybridized carbons (Fsp3) is 0.556. The third kappa shape index (κ3) is 5.52. The standard InChI is InChI=1S/C18H22O9S/c1-5-23-18(22)12-6-14(28-8-12)16-17(26-11(4)21)15(25-10(3)20)13(27-16)7-24-9(2)19/h6,8,13,15-17H,5,7H2,1-4H3/t13-,15-,16+,17-/m1/s1. The van der Waals surface area contributed by atoms with Crippen molar-refractivity contribution in [1.82, 2.24) is 0 Å². The van der Waals surface area contributed by atoms with Crippen molar-refractivity contribution in [2.24, 2.45) is 0 Å². The van der Waals surface area contributed by atoms with E-state index in [1.807, 2.05) is 0 Å². The minimum Gasteiger partial charge on any atom is -0.463 e. The Bertz CT molecular complexity index is 741. The quantitative estimate of drug-likeness (QED) is 0.486. The molecule has 0 N–H and O–H groups in total. The first-order valence-corrected chi connectivity index (χ1v) is 9.49. The number of hydrogen-bond donors (Lipinski definition) is 0. The molecule has 10 heteroatoms. The highest BCUT2D eigenvalue weighted by molar-refractivity contribution is 7.10. The molecule has 2 rings (SSSR count). The van der Waals surface area contributed by atoms with Gasteiger partial charge in [-0.3, -0.25) is 14.4 Å². The van der Waals surface area contributed by atoms with Crippen LogP contribution in [0.1, 0.15) is 49.0 Å². The lowest BCUT2D eigenvalue weighted by Gasteiger charge is -2.23. The van der Waals surface area contributed by atoms with E-state index in [4.69, 9.17) is 23.7 Å². The minimum atomic E-state index is -0.973. The molecule has 0 aliphatic carbocycles. The van der Waals surface area contributed by atoms with E-state index in [0.717, 1.165) is 0 Å². The molecule has 1 saturated heterocycles. The van der Waals surface area contributed by atoms with Gasteiger partial charge >= 0.3 is 23.9 Å². The molecule has 0 amide bonds. The van der Waals surface area contributed by atoms with E-state index in [0.29, 0.717) is 10.4 Å². The van der Waals surface area contributed by atoms with Gasteiger partial charge in [0.15, 0.2) is 12.2 Å². The van der Waals surface area contributed by atoms with Crippen LogP contribution in [-0.4, -0.2) is 55.4 Å². The summed E-state index contributed by atoms with van der Waals surface area (Å²) in [4.78, 5) is 46.8. The molecule has 1 aromatic heterocycles. The van der Waals surface area contributed by atoms with Crippen LogP contribution in [0.3, 0.4) is 0 Å². The maximum Gasteiger partial charge on any atom is 0.338 e. The Hall–Kier alpha value is -2.46. The molecule has 1 aromatic rings. The molecular formula is C18H22O9S. The molecule has 4 atom stereocenters. The van der Waals surface area contributed by atoms with E-state index >= 15 is 0 Å². The number of thiophene rings is 1. The molecule has 28 heavy (non-hydrogen) atoms. The molecule has 154 valence electrons.